The van der Waals surface area contributed by atoms with Crippen molar-refractivity contribution in [2.75, 3.05) is 5.32 Å². The van der Waals surface area contributed by atoms with Crippen molar-refractivity contribution in [2.45, 2.75) is 6.18 Å². The van der Waals surface area contributed by atoms with Crippen LogP contribution >= 0.6 is 0 Å². The van der Waals surface area contributed by atoms with Crippen molar-refractivity contribution in [1.82, 2.24) is 4.98 Å². The minimum absolute atomic E-state index is 0.0765. The Morgan fingerprint density at radius 1 is 0.917 bits per heavy atom. The quantitative estimate of drug-likeness (QED) is 0.701. The highest BCUT2D eigenvalue weighted by Crippen LogP contribution is 2.40. The Labute approximate surface area is 136 Å². The van der Waals surface area contributed by atoms with E-state index in [2.05, 4.69) is 10.3 Å². The van der Waals surface area contributed by atoms with Crippen LogP contribution in [0.1, 0.15) is 16.1 Å². The second-order valence-corrected chi connectivity index (χ2v) is 5.14. The van der Waals surface area contributed by atoms with Crippen LogP contribution < -0.4 is 5.32 Å². The number of anilines is 1. The van der Waals surface area contributed by atoms with Gasteiger partial charge >= 0.3 is 6.18 Å². The number of H-pyrrole nitrogens is 1. The molecule has 24 heavy (non-hydrogen) atoms. The molecule has 3 aromatic rings. The highest BCUT2D eigenvalue weighted by Gasteiger charge is 2.37. The molecule has 0 fully saturated rings. The number of aromatic amines is 1. The van der Waals surface area contributed by atoms with Crippen molar-refractivity contribution in [3.63, 3.8) is 0 Å². The molecule has 0 aliphatic rings. The summed E-state index contributed by atoms with van der Waals surface area (Å²) < 4.78 is 39.8. The smallest absolute Gasteiger partial charge is 0.355 e. The van der Waals surface area contributed by atoms with Gasteiger partial charge in [0, 0.05) is 17.3 Å². The molecule has 1 amide bonds. The standard InChI is InChI=1S/C18H13F3N2O/c19-18(20,21)16-15(12-7-3-1-4-8-12)14(11-22-16)23-17(24)13-9-5-2-6-10-13/h1-11,22H,(H,23,24). The maximum Gasteiger partial charge on any atom is 0.431 e. The summed E-state index contributed by atoms with van der Waals surface area (Å²) >= 11 is 0. The van der Waals surface area contributed by atoms with E-state index in [0.29, 0.717) is 11.1 Å². The second-order valence-electron chi connectivity index (χ2n) is 5.14. The van der Waals surface area contributed by atoms with Gasteiger partial charge in [-0.2, -0.15) is 13.2 Å². The van der Waals surface area contributed by atoms with Crippen LogP contribution in [0.15, 0.2) is 66.9 Å². The molecule has 0 bridgehead atoms. The van der Waals surface area contributed by atoms with Gasteiger partial charge in [-0.25, -0.2) is 0 Å². The van der Waals surface area contributed by atoms with E-state index in [1.165, 1.54) is 0 Å². The zero-order valence-corrected chi connectivity index (χ0v) is 12.4. The summed E-state index contributed by atoms with van der Waals surface area (Å²) in [6.45, 7) is 0. The lowest BCUT2D eigenvalue weighted by Crippen LogP contribution is -2.12. The zero-order chi connectivity index (χ0) is 17.2. The van der Waals surface area contributed by atoms with Crippen molar-refractivity contribution in [3.05, 3.63) is 78.1 Å². The molecular weight excluding hydrogens is 317 g/mol. The van der Waals surface area contributed by atoms with Gasteiger partial charge in [0.15, 0.2) is 0 Å². The second kappa shape index (κ2) is 6.23. The molecule has 6 heteroatoms. The van der Waals surface area contributed by atoms with Gasteiger partial charge in [-0.3, -0.25) is 4.79 Å². The van der Waals surface area contributed by atoms with E-state index in [1.54, 1.807) is 60.7 Å². The van der Waals surface area contributed by atoms with Crippen molar-refractivity contribution >= 4 is 11.6 Å². The summed E-state index contributed by atoms with van der Waals surface area (Å²) in [4.78, 5) is 14.5. The first-order valence-corrected chi connectivity index (χ1v) is 7.17. The lowest BCUT2D eigenvalue weighted by molar-refractivity contribution is -0.140. The maximum atomic E-state index is 13.3. The number of hydrogen-bond acceptors (Lipinski definition) is 1. The fourth-order valence-corrected chi connectivity index (χ4v) is 2.43. The monoisotopic (exact) mass is 330 g/mol. The Balaban J connectivity index is 2.03. The van der Waals surface area contributed by atoms with E-state index in [0.717, 1.165) is 6.20 Å². The summed E-state index contributed by atoms with van der Waals surface area (Å²) in [6, 6.07) is 16.4. The van der Waals surface area contributed by atoms with E-state index in [9.17, 15) is 18.0 Å². The normalized spacial score (nSPS) is 11.3. The number of rotatable bonds is 3. The van der Waals surface area contributed by atoms with Gasteiger partial charge in [-0.05, 0) is 17.7 Å². The van der Waals surface area contributed by atoms with Gasteiger partial charge in [-0.15, -0.1) is 0 Å². The number of aromatic nitrogens is 1. The first-order valence-electron chi connectivity index (χ1n) is 7.17. The summed E-state index contributed by atoms with van der Waals surface area (Å²) in [6.07, 6.45) is -3.40. The number of nitrogens with one attached hydrogen (secondary N) is 2. The molecule has 0 aliphatic heterocycles. The first-order chi connectivity index (χ1) is 11.5. The average molecular weight is 330 g/mol. The van der Waals surface area contributed by atoms with Gasteiger partial charge in [-0.1, -0.05) is 48.5 Å². The van der Waals surface area contributed by atoms with E-state index in [1.807, 2.05) is 0 Å². The molecule has 2 N–H and O–H groups in total. The number of amides is 1. The molecule has 0 saturated carbocycles. The molecule has 1 heterocycles. The van der Waals surface area contributed by atoms with Gasteiger partial charge < -0.3 is 10.3 Å². The highest BCUT2D eigenvalue weighted by molar-refractivity contribution is 6.06. The van der Waals surface area contributed by atoms with Gasteiger partial charge in [0.25, 0.3) is 5.91 Å². The molecule has 0 atom stereocenters. The molecule has 3 rings (SSSR count). The summed E-state index contributed by atoms with van der Waals surface area (Å²) in [5, 5.41) is 2.55. The molecule has 3 nitrogen and oxygen atoms in total. The highest BCUT2D eigenvalue weighted by atomic mass is 19.4. The molecule has 0 spiro atoms. The Morgan fingerprint density at radius 2 is 1.50 bits per heavy atom. The van der Waals surface area contributed by atoms with Crippen LogP contribution in [0.2, 0.25) is 0 Å². The van der Waals surface area contributed by atoms with E-state index in [4.69, 9.17) is 0 Å². The van der Waals surface area contributed by atoms with E-state index < -0.39 is 17.8 Å². The largest absolute Gasteiger partial charge is 0.431 e. The Kier molecular flexibility index (Phi) is 4.12. The fourth-order valence-electron chi connectivity index (χ4n) is 2.43. The number of halogens is 3. The number of hydrogen-bond donors (Lipinski definition) is 2. The molecular formula is C18H13F3N2O. The Morgan fingerprint density at radius 3 is 2.08 bits per heavy atom. The lowest BCUT2D eigenvalue weighted by atomic mass is 10.0. The van der Waals surface area contributed by atoms with Crippen LogP contribution in [0.4, 0.5) is 18.9 Å². The van der Waals surface area contributed by atoms with Crippen LogP contribution in [0.5, 0.6) is 0 Å². The molecule has 0 unspecified atom stereocenters. The van der Waals surface area contributed by atoms with Gasteiger partial charge in [0.05, 0.1) is 5.69 Å². The lowest BCUT2D eigenvalue weighted by Gasteiger charge is -2.11. The first kappa shape index (κ1) is 15.9. The van der Waals surface area contributed by atoms with Crippen LogP contribution in [-0.4, -0.2) is 10.9 Å². The minimum Gasteiger partial charge on any atom is -0.355 e. The predicted octanol–water partition coefficient (Wildman–Crippen LogP) is 4.95. The molecule has 0 aliphatic carbocycles. The van der Waals surface area contributed by atoms with Crippen molar-refractivity contribution in [1.29, 1.82) is 0 Å². The SMILES string of the molecule is O=C(Nc1c[nH]c(C(F)(F)F)c1-c1ccccc1)c1ccccc1. The average Bonchev–Trinajstić information content (AvgIpc) is 3.00. The topological polar surface area (TPSA) is 44.9 Å². The third-order valence-corrected chi connectivity index (χ3v) is 3.51. The fraction of sp³-hybridized carbons (Fsp3) is 0.0556. The Bertz CT molecular complexity index is 840. The molecule has 0 radical (unpaired) electrons. The Hall–Kier alpha value is -3.02. The van der Waals surface area contributed by atoms with Crippen molar-refractivity contribution in [2.24, 2.45) is 0 Å². The van der Waals surface area contributed by atoms with Crippen LogP contribution in [-0.2, 0) is 6.18 Å². The number of alkyl halides is 3. The number of carbonyl (C=O) groups is 1. The summed E-state index contributed by atoms with van der Waals surface area (Å²) in [7, 11) is 0. The number of carbonyl (C=O) groups excluding carboxylic acids is 1. The van der Waals surface area contributed by atoms with Gasteiger partial charge in [0.2, 0.25) is 0 Å². The summed E-state index contributed by atoms with van der Waals surface area (Å²) in [5.41, 5.74) is -0.146. The molecule has 2 aromatic carbocycles. The summed E-state index contributed by atoms with van der Waals surface area (Å²) in [5.74, 6) is -0.472. The number of benzene rings is 2. The molecule has 122 valence electrons. The maximum absolute atomic E-state index is 13.3. The van der Waals surface area contributed by atoms with Crippen LogP contribution in [0, 0.1) is 0 Å². The predicted molar refractivity (Wildman–Crippen MR) is 85.6 cm³/mol. The molecule has 0 saturated heterocycles. The third-order valence-electron chi connectivity index (χ3n) is 3.51. The third kappa shape index (κ3) is 3.17. The van der Waals surface area contributed by atoms with E-state index in [-0.39, 0.29) is 11.3 Å². The van der Waals surface area contributed by atoms with Crippen LogP contribution in [0.3, 0.4) is 0 Å². The van der Waals surface area contributed by atoms with Gasteiger partial charge in [0.1, 0.15) is 5.69 Å². The van der Waals surface area contributed by atoms with Crippen molar-refractivity contribution < 1.29 is 18.0 Å². The van der Waals surface area contributed by atoms with Crippen LogP contribution in [0.25, 0.3) is 11.1 Å². The molecule has 1 aromatic heterocycles. The minimum atomic E-state index is -4.55. The zero-order valence-electron chi connectivity index (χ0n) is 12.4. The van der Waals surface area contributed by atoms with Crippen molar-refractivity contribution in [3.8, 4) is 11.1 Å². The van der Waals surface area contributed by atoms with E-state index >= 15 is 0 Å².